The fourth-order valence-electron chi connectivity index (χ4n) is 6.95. The Bertz CT molecular complexity index is 559. The zero-order valence-corrected chi connectivity index (χ0v) is 16.5. The summed E-state index contributed by atoms with van der Waals surface area (Å²) in [6.07, 6.45) is 14.9. The van der Waals surface area contributed by atoms with Crippen molar-refractivity contribution in [3.63, 3.8) is 0 Å². The number of fused-ring (bicyclic) bond motifs is 2. The van der Waals surface area contributed by atoms with Crippen LogP contribution in [0.5, 0.6) is 5.75 Å². The van der Waals surface area contributed by atoms with Crippen LogP contribution < -0.4 is 4.74 Å². The second-order valence-corrected chi connectivity index (χ2v) is 9.28. The van der Waals surface area contributed by atoms with Crippen LogP contribution in [0.15, 0.2) is 12.1 Å². The van der Waals surface area contributed by atoms with Crippen molar-refractivity contribution in [2.24, 2.45) is 29.6 Å². The van der Waals surface area contributed by atoms with Gasteiger partial charge in [0.25, 0.3) is 0 Å². The van der Waals surface area contributed by atoms with Gasteiger partial charge in [0.05, 0.1) is 7.11 Å². The molecule has 4 rings (SSSR count). The summed E-state index contributed by atoms with van der Waals surface area (Å²) in [7, 11) is 1.80. The first-order valence-electron chi connectivity index (χ1n) is 10.8. The van der Waals surface area contributed by atoms with Crippen molar-refractivity contribution in [2.75, 3.05) is 7.11 Å². The Morgan fingerprint density at radius 1 is 0.840 bits per heavy atom. The van der Waals surface area contributed by atoms with E-state index in [0.29, 0.717) is 0 Å². The highest BCUT2D eigenvalue weighted by molar-refractivity contribution is 5.43. The molecule has 0 spiro atoms. The van der Waals surface area contributed by atoms with Crippen LogP contribution in [0.2, 0.25) is 0 Å². The molecule has 0 saturated heterocycles. The summed E-state index contributed by atoms with van der Waals surface area (Å²) in [6, 6.07) is 4.83. The number of ether oxygens (including phenoxy) is 1. The molecule has 1 heteroatoms. The summed E-state index contributed by atoms with van der Waals surface area (Å²) in [5, 5.41) is 0. The lowest BCUT2D eigenvalue weighted by Crippen LogP contribution is -2.43. The topological polar surface area (TPSA) is 9.23 Å². The summed E-state index contributed by atoms with van der Waals surface area (Å²) in [6.45, 7) is 4.42. The first-order chi connectivity index (χ1) is 12.2. The quantitative estimate of drug-likeness (QED) is 0.611. The SMILES string of the molecule is COc1c(C)cc(CC2C3CCCCC3CC3CCCCC32)cc1C. The van der Waals surface area contributed by atoms with E-state index in [0.717, 1.165) is 35.3 Å². The summed E-state index contributed by atoms with van der Waals surface area (Å²) in [4.78, 5) is 0. The standard InChI is InChI=1S/C24H36O/c1-16-12-18(13-17(2)24(16)25-3)14-23-21-10-6-4-8-19(21)15-20-9-5-7-11-22(20)23/h12-13,19-23H,4-11,14-15H2,1-3H3. The van der Waals surface area contributed by atoms with Gasteiger partial charge in [-0.1, -0.05) is 50.7 Å². The van der Waals surface area contributed by atoms with Crippen molar-refractivity contribution in [3.05, 3.63) is 28.8 Å². The van der Waals surface area contributed by atoms with Crippen molar-refractivity contribution in [1.82, 2.24) is 0 Å². The van der Waals surface area contributed by atoms with Crippen molar-refractivity contribution < 1.29 is 4.74 Å². The number of rotatable bonds is 3. The zero-order chi connectivity index (χ0) is 17.4. The van der Waals surface area contributed by atoms with Crippen LogP contribution in [0.4, 0.5) is 0 Å². The third-order valence-corrected chi connectivity index (χ3v) is 7.84. The number of hydrogen-bond acceptors (Lipinski definition) is 1. The van der Waals surface area contributed by atoms with Gasteiger partial charge >= 0.3 is 0 Å². The third kappa shape index (κ3) is 3.36. The maximum Gasteiger partial charge on any atom is 0.124 e. The van der Waals surface area contributed by atoms with E-state index >= 15 is 0 Å². The minimum absolute atomic E-state index is 0.941. The van der Waals surface area contributed by atoms with Gasteiger partial charge in [0.15, 0.2) is 0 Å². The molecule has 1 aromatic rings. The molecule has 4 atom stereocenters. The second kappa shape index (κ2) is 7.33. The van der Waals surface area contributed by atoms with E-state index in [-0.39, 0.29) is 0 Å². The Labute approximate surface area is 154 Å². The molecule has 0 amide bonds. The smallest absolute Gasteiger partial charge is 0.124 e. The Morgan fingerprint density at radius 2 is 1.36 bits per heavy atom. The molecule has 1 nitrogen and oxygen atoms in total. The average molecular weight is 341 g/mol. The van der Waals surface area contributed by atoms with Gasteiger partial charge in [-0.3, -0.25) is 0 Å². The van der Waals surface area contributed by atoms with E-state index < -0.39 is 0 Å². The van der Waals surface area contributed by atoms with Crippen LogP contribution in [0.3, 0.4) is 0 Å². The molecule has 0 heterocycles. The molecule has 3 aliphatic rings. The van der Waals surface area contributed by atoms with Gasteiger partial charge in [-0.15, -0.1) is 0 Å². The summed E-state index contributed by atoms with van der Waals surface area (Å²) in [5.74, 6) is 6.12. The lowest BCUT2D eigenvalue weighted by Gasteiger charge is -2.51. The van der Waals surface area contributed by atoms with Gasteiger partial charge in [0, 0.05) is 0 Å². The van der Waals surface area contributed by atoms with E-state index in [2.05, 4.69) is 26.0 Å². The van der Waals surface area contributed by atoms with Crippen LogP contribution >= 0.6 is 0 Å². The normalized spacial score (nSPS) is 34.9. The van der Waals surface area contributed by atoms with Gasteiger partial charge in [-0.25, -0.2) is 0 Å². The molecule has 25 heavy (non-hydrogen) atoms. The lowest BCUT2D eigenvalue weighted by molar-refractivity contribution is -0.0109. The fourth-order valence-corrected chi connectivity index (χ4v) is 6.95. The van der Waals surface area contributed by atoms with E-state index in [1.165, 1.54) is 68.9 Å². The molecule has 0 aliphatic heterocycles. The largest absolute Gasteiger partial charge is 0.496 e. The predicted octanol–water partition coefficient (Wildman–Crippen LogP) is 6.49. The molecule has 3 saturated carbocycles. The number of methoxy groups -OCH3 is 1. The first kappa shape index (κ1) is 17.4. The van der Waals surface area contributed by atoms with E-state index in [1.54, 1.807) is 19.1 Å². The first-order valence-corrected chi connectivity index (χ1v) is 10.8. The molecule has 138 valence electrons. The second-order valence-electron chi connectivity index (χ2n) is 9.28. The molecule has 0 radical (unpaired) electrons. The minimum atomic E-state index is 0.941. The molecule has 4 unspecified atom stereocenters. The van der Waals surface area contributed by atoms with Gasteiger partial charge in [-0.05, 0) is 85.8 Å². The molecule has 0 bridgehead atoms. The maximum atomic E-state index is 5.59. The highest BCUT2D eigenvalue weighted by Gasteiger charge is 2.45. The van der Waals surface area contributed by atoms with Gasteiger partial charge < -0.3 is 4.74 Å². The van der Waals surface area contributed by atoms with Crippen LogP contribution in [0, 0.1) is 43.4 Å². The van der Waals surface area contributed by atoms with Gasteiger partial charge in [-0.2, -0.15) is 0 Å². The Balaban J connectivity index is 1.61. The minimum Gasteiger partial charge on any atom is -0.496 e. The lowest BCUT2D eigenvalue weighted by atomic mass is 9.54. The number of aryl methyl sites for hydroxylation is 2. The van der Waals surface area contributed by atoms with Gasteiger partial charge in [0.2, 0.25) is 0 Å². The zero-order valence-electron chi connectivity index (χ0n) is 16.5. The molecular formula is C24H36O. The molecule has 3 aliphatic carbocycles. The van der Waals surface area contributed by atoms with Gasteiger partial charge in [0.1, 0.15) is 5.75 Å². The van der Waals surface area contributed by atoms with E-state index in [1.807, 2.05) is 0 Å². The fraction of sp³-hybridized carbons (Fsp3) is 0.750. The number of hydrogen-bond donors (Lipinski definition) is 0. The van der Waals surface area contributed by atoms with Crippen LogP contribution in [-0.4, -0.2) is 7.11 Å². The van der Waals surface area contributed by atoms with Crippen LogP contribution in [0.1, 0.15) is 74.5 Å². The Hall–Kier alpha value is -0.980. The summed E-state index contributed by atoms with van der Waals surface area (Å²) < 4.78 is 5.59. The molecule has 1 aromatic carbocycles. The maximum absolute atomic E-state index is 5.59. The van der Waals surface area contributed by atoms with Crippen LogP contribution in [-0.2, 0) is 6.42 Å². The average Bonchev–Trinajstić information content (AvgIpc) is 2.61. The molecular weight excluding hydrogens is 304 g/mol. The van der Waals surface area contributed by atoms with E-state index in [4.69, 9.17) is 4.74 Å². The van der Waals surface area contributed by atoms with E-state index in [9.17, 15) is 0 Å². The molecule has 0 N–H and O–H groups in total. The predicted molar refractivity (Wildman–Crippen MR) is 105 cm³/mol. The summed E-state index contributed by atoms with van der Waals surface area (Å²) >= 11 is 0. The monoisotopic (exact) mass is 340 g/mol. The van der Waals surface area contributed by atoms with Crippen molar-refractivity contribution in [3.8, 4) is 5.75 Å². The highest BCUT2D eigenvalue weighted by Crippen LogP contribution is 2.54. The number of benzene rings is 1. The van der Waals surface area contributed by atoms with Crippen molar-refractivity contribution in [1.29, 1.82) is 0 Å². The Morgan fingerprint density at radius 3 is 1.88 bits per heavy atom. The molecule has 3 fully saturated rings. The molecule has 0 aromatic heterocycles. The van der Waals surface area contributed by atoms with Crippen molar-refractivity contribution >= 4 is 0 Å². The Kier molecular flexibility index (Phi) is 5.11. The summed E-state index contributed by atoms with van der Waals surface area (Å²) in [5.41, 5.74) is 4.19. The van der Waals surface area contributed by atoms with Crippen molar-refractivity contribution in [2.45, 2.75) is 78.1 Å². The van der Waals surface area contributed by atoms with Crippen LogP contribution in [0.25, 0.3) is 0 Å². The highest BCUT2D eigenvalue weighted by atomic mass is 16.5. The third-order valence-electron chi connectivity index (χ3n) is 7.84.